The molecule has 1 amide bonds. The van der Waals surface area contributed by atoms with Gasteiger partial charge in [0.15, 0.2) is 0 Å². The summed E-state index contributed by atoms with van der Waals surface area (Å²) in [6.45, 7) is 3.93. The highest BCUT2D eigenvalue weighted by Gasteiger charge is 2.20. The zero-order valence-electron chi connectivity index (χ0n) is 10.5. The van der Waals surface area contributed by atoms with Crippen LogP contribution in [0.4, 0.5) is 0 Å². The van der Waals surface area contributed by atoms with Crippen LogP contribution < -0.4 is 5.32 Å². The van der Waals surface area contributed by atoms with Gasteiger partial charge < -0.3 is 10.4 Å². The van der Waals surface area contributed by atoms with Crippen LogP contribution in [0, 0.1) is 0 Å². The number of halogens is 2. The summed E-state index contributed by atoms with van der Waals surface area (Å²) in [5, 5.41) is 13.2. The van der Waals surface area contributed by atoms with Gasteiger partial charge in [0.25, 0.3) is 5.91 Å². The van der Waals surface area contributed by atoms with Crippen LogP contribution in [0.15, 0.2) is 22.7 Å². The molecule has 0 aromatic heterocycles. The molecule has 0 fully saturated rings. The van der Waals surface area contributed by atoms with Gasteiger partial charge in [-0.3, -0.25) is 4.79 Å². The lowest BCUT2D eigenvalue weighted by Crippen LogP contribution is -2.40. The molecule has 0 saturated carbocycles. The van der Waals surface area contributed by atoms with E-state index in [0.717, 1.165) is 10.9 Å². The Balaban J connectivity index is 2.66. The maximum atomic E-state index is 11.9. The fourth-order valence-electron chi connectivity index (χ4n) is 1.68. The van der Waals surface area contributed by atoms with E-state index in [1.165, 1.54) is 0 Å². The summed E-state index contributed by atoms with van der Waals surface area (Å²) >= 11 is 9.16. The topological polar surface area (TPSA) is 49.3 Å². The van der Waals surface area contributed by atoms with Gasteiger partial charge in [0.1, 0.15) is 0 Å². The van der Waals surface area contributed by atoms with Crippen LogP contribution in [0.25, 0.3) is 0 Å². The second-order valence-electron chi connectivity index (χ2n) is 4.59. The number of carbonyl (C=O) groups is 1. The molecule has 100 valence electrons. The molecule has 0 saturated heterocycles. The molecule has 1 atom stereocenters. The summed E-state index contributed by atoms with van der Waals surface area (Å²) in [7, 11) is 0. The van der Waals surface area contributed by atoms with E-state index in [1.807, 2.05) is 6.92 Å². The molecule has 3 nitrogen and oxygen atoms in total. The molecular formula is C13H17BrClNO2. The monoisotopic (exact) mass is 333 g/mol. The lowest BCUT2D eigenvalue weighted by molar-refractivity contribution is 0.0469. The van der Waals surface area contributed by atoms with E-state index < -0.39 is 5.60 Å². The molecule has 0 spiro atoms. The van der Waals surface area contributed by atoms with E-state index in [2.05, 4.69) is 21.2 Å². The second-order valence-corrected chi connectivity index (χ2v) is 5.94. The summed E-state index contributed by atoms with van der Waals surface area (Å²) in [4.78, 5) is 11.9. The van der Waals surface area contributed by atoms with Crippen LogP contribution in [0.3, 0.4) is 0 Å². The van der Waals surface area contributed by atoms with Crippen molar-refractivity contribution in [2.24, 2.45) is 0 Å². The highest BCUT2D eigenvalue weighted by Crippen LogP contribution is 2.19. The zero-order chi connectivity index (χ0) is 13.8. The molecule has 0 aliphatic rings. The Hall–Kier alpha value is -0.580. The molecule has 1 aromatic rings. The lowest BCUT2D eigenvalue weighted by atomic mass is 10.0. The highest BCUT2D eigenvalue weighted by molar-refractivity contribution is 9.10. The standard InChI is InChI=1S/C13H17BrClNO2/c1-3-4-13(2,18)8-16-12(17)9-5-10(14)7-11(15)6-9/h5-7,18H,3-4,8H2,1-2H3,(H,16,17). The number of amides is 1. The summed E-state index contributed by atoms with van der Waals surface area (Å²) in [5.74, 6) is -0.241. The Morgan fingerprint density at radius 3 is 2.72 bits per heavy atom. The van der Waals surface area contributed by atoms with Crippen LogP contribution in [0.5, 0.6) is 0 Å². The first kappa shape index (κ1) is 15.5. The molecule has 1 unspecified atom stereocenters. The molecule has 1 rings (SSSR count). The van der Waals surface area contributed by atoms with Gasteiger partial charge in [-0.05, 0) is 31.5 Å². The molecule has 18 heavy (non-hydrogen) atoms. The van der Waals surface area contributed by atoms with E-state index in [4.69, 9.17) is 11.6 Å². The van der Waals surface area contributed by atoms with Gasteiger partial charge in [-0.25, -0.2) is 0 Å². The average molecular weight is 335 g/mol. The Bertz CT molecular complexity index is 415. The molecule has 5 heteroatoms. The minimum Gasteiger partial charge on any atom is -0.388 e. The number of rotatable bonds is 5. The van der Waals surface area contributed by atoms with Crippen molar-refractivity contribution in [2.75, 3.05) is 6.54 Å². The maximum Gasteiger partial charge on any atom is 0.251 e. The first-order valence-electron chi connectivity index (χ1n) is 5.81. The zero-order valence-corrected chi connectivity index (χ0v) is 12.8. The first-order valence-corrected chi connectivity index (χ1v) is 6.98. The van der Waals surface area contributed by atoms with E-state index >= 15 is 0 Å². The Morgan fingerprint density at radius 1 is 1.50 bits per heavy atom. The maximum absolute atomic E-state index is 11.9. The van der Waals surface area contributed by atoms with Crippen LogP contribution in [0.1, 0.15) is 37.0 Å². The minimum absolute atomic E-state index is 0.226. The normalized spacial score (nSPS) is 14.1. The fraction of sp³-hybridized carbons (Fsp3) is 0.462. The van der Waals surface area contributed by atoms with Crippen molar-refractivity contribution >= 4 is 33.4 Å². The third kappa shape index (κ3) is 4.96. The molecule has 0 heterocycles. The third-order valence-corrected chi connectivity index (χ3v) is 3.22. The van der Waals surface area contributed by atoms with Crippen molar-refractivity contribution in [3.8, 4) is 0 Å². The van der Waals surface area contributed by atoms with E-state index in [1.54, 1.807) is 25.1 Å². The van der Waals surface area contributed by atoms with E-state index in [9.17, 15) is 9.90 Å². The Labute approximate surface area is 121 Å². The highest BCUT2D eigenvalue weighted by atomic mass is 79.9. The molecule has 0 radical (unpaired) electrons. The van der Waals surface area contributed by atoms with Crippen molar-refractivity contribution < 1.29 is 9.90 Å². The van der Waals surface area contributed by atoms with Crippen LogP contribution in [-0.4, -0.2) is 23.2 Å². The first-order chi connectivity index (χ1) is 8.34. The number of aliphatic hydroxyl groups is 1. The van der Waals surface area contributed by atoms with E-state index in [-0.39, 0.29) is 12.5 Å². The summed E-state index contributed by atoms with van der Waals surface area (Å²) in [6, 6.07) is 5.00. The smallest absolute Gasteiger partial charge is 0.251 e. The van der Waals surface area contributed by atoms with Gasteiger partial charge in [-0.1, -0.05) is 40.9 Å². The largest absolute Gasteiger partial charge is 0.388 e. The van der Waals surface area contributed by atoms with Gasteiger partial charge in [0.05, 0.1) is 5.60 Å². The lowest BCUT2D eigenvalue weighted by Gasteiger charge is -2.22. The van der Waals surface area contributed by atoms with Crippen LogP contribution in [-0.2, 0) is 0 Å². The van der Waals surface area contributed by atoms with Crippen molar-refractivity contribution in [2.45, 2.75) is 32.3 Å². The summed E-state index contributed by atoms with van der Waals surface area (Å²) in [6.07, 6.45) is 1.51. The molecule has 0 aliphatic carbocycles. The number of carbonyl (C=O) groups excluding carboxylic acids is 1. The predicted molar refractivity (Wildman–Crippen MR) is 77.0 cm³/mol. The summed E-state index contributed by atoms with van der Waals surface area (Å²) in [5.41, 5.74) is -0.401. The van der Waals surface area contributed by atoms with Crippen molar-refractivity contribution in [1.82, 2.24) is 5.32 Å². The van der Waals surface area contributed by atoms with Gasteiger partial charge in [0.2, 0.25) is 0 Å². The van der Waals surface area contributed by atoms with Crippen molar-refractivity contribution in [3.63, 3.8) is 0 Å². The van der Waals surface area contributed by atoms with Gasteiger partial charge >= 0.3 is 0 Å². The van der Waals surface area contributed by atoms with Gasteiger partial charge in [-0.2, -0.15) is 0 Å². The molecule has 0 bridgehead atoms. The number of hydrogen-bond donors (Lipinski definition) is 2. The Kier molecular flexibility index (Phi) is 5.63. The molecule has 1 aromatic carbocycles. The Morgan fingerprint density at radius 2 is 2.17 bits per heavy atom. The quantitative estimate of drug-likeness (QED) is 0.867. The molecule has 2 N–H and O–H groups in total. The summed E-state index contributed by atoms with van der Waals surface area (Å²) < 4.78 is 0.750. The van der Waals surface area contributed by atoms with E-state index in [0.29, 0.717) is 17.0 Å². The number of nitrogens with one attached hydrogen (secondary N) is 1. The second kappa shape index (κ2) is 6.55. The number of hydrogen-bond acceptors (Lipinski definition) is 2. The SMILES string of the molecule is CCCC(C)(O)CNC(=O)c1cc(Cl)cc(Br)c1. The van der Waals surface area contributed by atoms with Crippen molar-refractivity contribution in [3.05, 3.63) is 33.3 Å². The fourth-order valence-corrected chi connectivity index (χ4v) is 2.54. The molecule has 0 aliphatic heterocycles. The van der Waals surface area contributed by atoms with Gasteiger partial charge in [-0.15, -0.1) is 0 Å². The van der Waals surface area contributed by atoms with Crippen molar-refractivity contribution in [1.29, 1.82) is 0 Å². The third-order valence-electron chi connectivity index (χ3n) is 2.54. The molecular weight excluding hydrogens is 318 g/mol. The average Bonchev–Trinajstić information content (AvgIpc) is 2.24. The number of benzene rings is 1. The van der Waals surface area contributed by atoms with Crippen LogP contribution in [0.2, 0.25) is 5.02 Å². The van der Waals surface area contributed by atoms with Crippen LogP contribution >= 0.6 is 27.5 Å². The predicted octanol–water partition coefficient (Wildman–Crippen LogP) is 3.38. The minimum atomic E-state index is -0.875. The van der Waals surface area contributed by atoms with Gasteiger partial charge in [0, 0.05) is 21.6 Å².